The second kappa shape index (κ2) is 6.65. The first-order chi connectivity index (χ1) is 10.6. The molecule has 0 bridgehead atoms. The molecule has 116 valence electrons. The molecule has 5 heteroatoms. The molecule has 1 aliphatic carbocycles. The number of aromatic amines is 1. The van der Waals surface area contributed by atoms with E-state index in [4.69, 9.17) is 0 Å². The molecule has 0 aliphatic heterocycles. The van der Waals surface area contributed by atoms with Crippen LogP contribution < -0.4 is 5.32 Å². The van der Waals surface area contributed by atoms with Crippen LogP contribution >= 0.6 is 15.9 Å². The van der Waals surface area contributed by atoms with Crippen LogP contribution in [-0.4, -0.2) is 22.1 Å². The number of H-pyrrole nitrogens is 1. The van der Waals surface area contributed by atoms with E-state index in [-0.39, 0.29) is 11.9 Å². The Morgan fingerprint density at radius 1 is 1.32 bits per heavy atom. The van der Waals surface area contributed by atoms with Crippen molar-refractivity contribution in [2.24, 2.45) is 0 Å². The maximum Gasteiger partial charge on any atom is 0.272 e. The molecular weight excluding hydrogens is 342 g/mol. The summed E-state index contributed by atoms with van der Waals surface area (Å²) in [6, 6.07) is 8.26. The van der Waals surface area contributed by atoms with Gasteiger partial charge in [-0.1, -0.05) is 28.1 Å². The summed E-state index contributed by atoms with van der Waals surface area (Å²) in [6.07, 6.45) is 5.09. The molecule has 0 radical (unpaired) electrons. The zero-order chi connectivity index (χ0) is 15.5. The minimum atomic E-state index is -0.0657. The SMILES string of the molecule is CC(Cc1ccc(Br)cc1)NC(=O)c1n[nH]c2c1CCCC2. The van der Waals surface area contributed by atoms with Crippen molar-refractivity contribution in [3.05, 3.63) is 51.3 Å². The van der Waals surface area contributed by atoms with Gasteiger partial charge in [-0.15, -0.1) is 0 Å². The minimum absolute atomic E-state index is 0.0657. The predicted molar refractivity (Wildman–Crippen MR) is 90.0 cm³/mol. The smallest absolute Gasteiger partial charge is 0.272 e. The van der Waals surface area contributed by atoms with Gasteiger partial charge >= 0.3 is 0 Å². The molecule has 1 aromatic carbocycles. The van der Waals surface area contributed by atoms with Crippen LogP contribution in [0.2, 0.25) is 0 Å². The zero-order valence-electron chi connectivity index (χ0n) is 12.7. The number of carbonyl (C=O) groups is 1. The zero-order valence-corrected chi connectivity index (χ0v) is 14.2. The first-order valence-corrected chi connectivity index (χ1v) is 8.54. The first-order valence-electron chi connectivity index (χ1n) is 7.75. The second-order valence-corrected chi connectivity index (χ2v) is 6.86. The Morgan fingerprint density at radius 2 is 2.05 bits per heavy atom. The Morgan fingerprint density at radius 3 is 2.82 bits per heavy atom. The van der Waals surface area contributed by atoms with Crippen molar-refractivity contribution in [1.82, 2.24) is 15.5 Å². The molecule has 22 heavy (non-hydrogen) atoms. The number of rotatable bonds is 4. The van der Waals surface area contributed by atoms with E-state index < -0.39 is 0 Å². The van der Waals surface area contributed by atoms with Gasteiger partial charge < -0.3 is 5.32 Å². The average Bonchev–Trinajstić information content (AvgIpc) is 2.93. The molecule has 1 unspecified atom stereocenters. The fourth-order valence-electron chi connectivity index (χ4n) is 2.99. The van der Waals surface area contributed by atoms with Crippen molar-refractivity contribution in [3.8, 4) is 0 Å². The number of aromatic nitrogens is 2. The topological polar surface area (TPSA) is 57.8 Å². The summed E-state index contributed by atoms with van der Waals surface area (Å²) >= 11 is 3.43. The molecule has 0 saturated carbocycles. The van der Waals surface area contributed by atoms with Crippen LogP contribution in [0, 0.1) is 0 Å². The molecular formula is C17H20BrN3O. The number of hydrogen-bond acceptors (Lipinski definition) is 2. The normalized spacial score (nSPS) is 15.2. The molecule has 1 aromatic heterocycles. The van der Waals surface area contributed by atoms with E-state index in [1.807, 2.05) is 19.1 Å². The van der Waals surface area contributed by atoms with E-state index in [2.05, 4.69) is 43.6 Å². The van der Waals surface area contributed by atoms with Gasteiger partial charge in [0.25, 0.3) is 5.91 Å². The molecule has 1 aliphatic rings. The van der Waals surface area contributed by atoms with Crippen LogP contribution in [0.3, 0.4) is 0 Å². The van der Waals surface area contributed by atoms with Crippen LogP contribution in [0.5, 0.6) is 0 Å². The number of carbonyl (C=O) groups excluding carboxylic acids is 1. The number of amides is 1. The van der Waals surface area contributed by atoms with Crippen molar-refractivity contribution in [2.45, 2.75) is 45.1 Å². The average molecular weight is 362 g/mol. The Bertz CT molecular complexity index is 663. The summed E-state index contributed by atoms with van der Waals surface area (Å²) in [5.41, 5.74) is 4.04. The van der Waals surface area contributed by atoms with E-state index in [1.54, 1.807) is 0 Å². The molecule has 1 heterocycles. The van der Waals surface area contributed by atoms with Gasteiger partial charge in [-0.3, -0.25) is 9.89 Å². The highest BCUT2D eigenvalue weighted by atomic mass is 79.9. The summed E-state index contributed by atoms with van der Waals surface area (Å²) in [5.74, 6) is -0.0657. The van der Waals surface area contributed by atoms with Gasteiger partial charge in [0.05, 0.1) is 0 Å². The van der Waals surface area contributed by atoms with E-state index in [0.29, 0.717) is 5.69 Å². The van der Waals surface area contributed by atoms with Gasteiger partial charge in [-0.05, 0) is 56.7 Å². The maximum absolute atomic E-state index is 12.4. The van der Waals surface area contributed by atoms with Crippen LogP contribution in [0.4, 0.5) is 0 Å². The van der Waals surface area contributed by atoms with Crippen molar-refractivity contribution >= 4 is 21.8 Å². The van der Waals surface area contributed by atoms with Crippen LogP contribution in [0.1, 0.15) is 47.1 Å². The molecule has 2 N–H and O–H groups in total. The highest BCUT2D eigenvalue weighted by molar-refractivity contribution is 9.10. The number of hydrogen-bond donors (Lipinski definition) is 2. The third kappa shape index (κ3) is 3.40. The molecule has 2 aromatic rings. The van der Waals surface area contributed by atoms with E-state index in [0.717, 1.165) is 41.4 Å². The molecule has 4 nitrogen and oxygen atoms in total. The summed E-state index contributed by atoms with van der Waals surface area (Å²) in [5, 5.41) is 10.3. The van der Waals surface area contributed by atoms with Crippen LogP contribution in [-0.2, 0) is 19.3 Å². The minimum Gasteiger partial charge on any atom is -0.348 e. The molecule has 0 fully saturated rings. The van der Waals surface area contributed by atoms with Gasteiger partial charge in [0.2, 0.25) is 0 Å². The van der Waals surface area contributed by atoms with Gasteiger partial charge in [0, 0.05) is 21.8 Å². The Balaban J connectivity index is 1.63. The summed E-state index contributed by atoms with van der Waals surface area (Å²) in [4.78, 5) is 12.4. The second-order valence-electron chi connectivity index (χ2n) is 5.94. The quantitative estimate of drug-likeness (QED) is 0.876. The fraction of sp³-hybridized carbons (Fsp3) is 0.412. The van der Waals surface area contributed by atoms with Crippen molar-refractivity contribution in [2.75, 3.05) is 0 Å². The predicted octanol–water partition coefficient (Wildman–Crippen LogP) is 3.41. The third-order valence-corrected chi connectivity index (χ3v) is 4.63. The highest BCUT2D eigenvalue weighted by Gasteiger charge is 2.22. The number of aryl methyl sites for hydroxylation is 1. The number of nitrogens with one attached hydrogen (secondary N) is 2. The van der Waals surface area contributed by atoms with E-state index in [1.165, 1.54) is 12.0 Å². The third-order valence-electron chi connectivity index (χ3n) is 4.10. The summed E-state index contributed by atoms with van der Waals surface area (Å²) in [6.45, 7) is 2.03. The monoisotopic (exact) mass is 361 g/mol. The van der Waals surface area contributed by atoms with Gasteiger partial charge in [0.1, 0.15) is 0 Å². The summed E-state index contributed by atoms with van der Waals surface area (Å²) < 4.78 is 1.07. The molecule has 1 amide bonds. The van der Waals surface area contributed by atoms with Crippen molar-refractivity contribution < 1.29 is 4.79 Å². The van der Waals surface area contributed by atoms with Crippen LogP contribution in [0.15, 0.2) is 28.7 Å². The van der Waals surface area contributed by atoms with Gasteiger partial charge in [-0.25, -0.2) is 0 Å². The lowest BCUT2D eigenvalue weighted by atomic mass is 9.95. The first kappa shape index (κ1) is 15.3. The number of nitrogens with zero attached hydrogens (tertiary/aromatic N) is 1. The van der Waals surface area contributed by atoms with E-state index >= 15 is 0 Å². The lowest BCUT2D eigenvalue weighted by molar-refractivity contribution is 0.0934. The lowest BCUT2D eigenvalue weighted by Crippen LogP contribution is -2.35. The number of halogens is 1. The van der Waals surface area contributed by atoms with E-state index in [9.17, 15) is 4.79 Å². The Labute approximate surface area is 138 Å². The lowest BCUT2D eigenvalue weighted by Gasteiger charge is -2.15. The van der Waals surface area contributed by atoms with Gasteiger partial charge in [0.15, 0.2) is 5.69 Å². The van der Waals surface area contributed by atoms with Crippen LogP contribution in [0.25, 0.3) is 0 Å². The number of benzene rings is 1. The Kier molecular flexibility index (Phi) is 4.62. The van der Waals surface area contributed by atoms with Crippen molar-refractivity contribution in [1.29, 1.82) is 0 Å². The molecule has 0 spiro atoms. The maximum atomic E-state index is 12.4. The fourth-order valence-corrected chi connectivity index (χ4v) is 3.25. The Hall–Kier alpha value is -1.62. The highest BCUT2D eigenvalue weighted by Crippen LogP contribution is 2.22. The van der Waals surface area contributed by atoms with Crippen molar-refractivity contribution in [3.63, 3.8) is 0 Å². The largest absolute Gasteiger partial charge is 0.348 e. The van der Waals surface area contributed by atoms with Gasteiger partial charge in [-0.2, -0.15) is 5.10 Å². The molecule has 1 atom stereocenters. The standard InChI is InChI=1S/C17H20BrN3O/c1-11(10-12-6-8-13(18)9-7-12)19-17(22)16-14-4-2-3-5-15(14)20-21-16/h6-9,11H,2-5,10H2,1H3,(H,19,22)(H,20,21). The molecule has 0 saturated heterocycles. The number of fused-ring (bicyclic) bond motifs is 1. The summed E-state index contributed by atoms with van der Waals surface area (Å²) in [7, 11) is 0. The molecule has 3 rings (SSSR count).